The zero-order valence-corrected chi connectivity index (χ0v) is 16.3. The number of amides is 1. The third-order valence-corrected chi connectivity index (χ3v) is 4.14. The minimum atomic E-state index is -0.596. The second-order valence-electron chi connectivity index (χ2n) is 6.17. The van der Waals surface area contributed by atoms with Gasteiger partial charge >= 0.3 is 5.97 Å². The fourth-order valence-corrected chi connectivity index (χ4v) is 2.52. The first-order chi connectivity index (χ1) is 13.5. The van der Waals surface area contributed by atoms with Crippen molar-refractivity contribution in [1.82, 2.24) is 5.32 Å². The first-order valence-corrected chi connectivity index (χ1v) is 8.92. The molecule has 1 N–H and O–H groups in total. The third kappa shape index (κ3) is 6.46. The number of nitrogens with one attached hydrogen (secondary N) is 1. The van der Waals surface area contributed by atoms with Crippen molar-refractivity contribution < 1.29 is 23.8 Å². The molecule has 0 heterocycles. The van der Waals surface area contributed by atoms with Crippen molar-refractivity contribution >= 4 is 18.0 Å². The highest BCUT2D eigenvalue weighted by molar-refractivity contribution is 5.89. The normalized spacial score (nSPS) is 11.7. The Kier molecular flexibility index (Phi) is 8.09. The van der Waals surface area contributed by atoms with Crippen LogP contribution in [0, 0.1) is 0 Å². The maximum absolute atomic E-state index is 11.9. The van der Waals surface area contributed by atoms with Gasteiger partial charge in [-0.25, -0.2) is 4.79 Å². The van der Waals surface area contributed by atoms with E-state index in [2.05, 4.69) is 5.32 Å². The van der Waals surface area contributed by atoms with E-state index in [0.717, 1.165) is 11.1 Å². The molecule has 6 heteroatoms. The van der Waals surface area contributed by atoms with Gasteiger partial charge in [0.2, 0.25) is 0 Å². The van der Waals surface area contributed by atoms with Crippen LogP contribution in [0.15, 0.2) is 54.6 Å². The lowest BCUT2D eigenvalue weighted by molar-refractivity contribution is -0.143. The molecule has 2 aromatic carbocycles. The number of rotatable bonds is 9. The van der Waals surface area contributed by atoms with Crippen molar-refractivity contribution in [3.8, 4) is 11.5 Å². The second-order valence-corrected chi connectivity index (χ2v) is 6.17. The van der Waals surface area contributed by atoms with Crippen LogP contribution in [-0.2, 0) is 14.3 Å². The van der Waals surface area contributed by atoms with E-state index in [1.807, 2.05) is 37.3 Å². The second kappa shape index (κ2) is 10.8. The standard InChI is InChI=1S/C22H25NO5/c1-16(18-7-5-4-6-8-18)14-23-21(24)15-28-22(25)12-10-17-9-11-19(26-2)20(13-17)27-3/h4-13,16H,14-15H2,1-3H3,(H,23,24)/b12-10+/t16-/m1/s1. The number of carbonyl (C=O) groups is 2. The lowest BCUT2D eigenvalue weighted by atomic mass is 10.0. The highest BCUT2D eigenvalue weighted by atomic mass is 16.5. The number of ether oxygens (including phenoxy) is 3. The van der Waals surface area contributed by atoms with Crippen LogP contribution in [0.4, 0.5) is 0 Å². The molecular weight excluding hydrogens is 358 g/mol. The third-order valence-electron chi connectivity index (χ3n) is 4.14. The van der Waals surface area contributed by atoms with Crippen molar-refractivity contribution in [3.63, 3.8) is 0 Å². The van der Waals surface area contributed by atoms with Gasteiger partial charge in [0.25, 0.3) is 5.91 Å². The molecule has 0 saturated carbocycles. The minimum absolute atomic E-state index is 0.172. The highest BCUT2D eigenvalue weighted by Crippen LogP contribution is 2.27. The van der Waals surface area contributed by atoms with E-state index < -0.39 is 5.97 Å². The Morgan fingerprint density at radius 3 is 2.43 bits per heavy atom. The summed E-state index contributed by atoms with van der Waals surface area (Å²) < 4.78 is 15.3. The minimum Gasteiger partial charge on any atom is -0.493 e. The summed E-state index contributed by atoms with van der Waals surface area (Å²) in [5.41, 5.74) is 1.88. The molecule has 0 aliphatic heterocycles. The summed E-state index contributed by atoms with van der Waals surface area (Å²) in [4.78, 5) is 23.7. The van der Waals surface area contributed by atoms with Crippen LogP contribution in [0.1, 0.15) is 24.0 Å². The van der Waals surface area contributed by atoms with Gasteiger partial charge in [0.15, 0.2) is 18.1 Å². The van der Waals surface area contributed by atoms with Crippen LogP contribution >= 0.6 is 0 Å². The van der Waals surface area contributed by atoms with Crippen molar-refractivity contribution in [2.75, 3.05) is 27.4 Å². The molecule has 6 nitrogen and oxygen atoms in total. The van der Waals surface area contributed by atoms with E-state index in [1.54, 1.807) is 31.4 Å². The molecule has 0 bridgehead atoms. The summed E-state index contributed by atoms with van der Waals surface area (Å²) in [6.07, 6.45) is 2.85. The Morgan fingerprint density at radius 2 is 1.75 bits per heavy atom. The van der Waals surface area contributed by atoms with Crippen LogP contribution in [0.25, 0.3) is 6.08 Å². The number of methoxy groups -OCH3 is 2. The molecular formula is C22H25NO5. The first kappa shape index (κ1) is 21.0. The summed E-state index contributed by atoms with van der Waals surface area (Å²) in [7, 11) is 3.09. The number of hydrogen-bond donors (Lipinski definition) is 1. The molecule has 0 radical (unpaired) electrons. The Balaban J connectivity index is 1.77. The lowest BCUT2D eigenvalue weighted by Gasteiger charge is -2.12. The summed E-state index contributed by atoms with van der Waals surface area (Å²) in [5, 5.41) is 2.77. The molecule has 28 heavy (non-hydrogen) atoms. The molecule has 148 valence electrons. The Morgan fingerprint density at radius 1 is 1.04 bits per heavy atom. The van der Waals surface area contributed by atoms with Crippen LogP contribution in [0.5, 0.6) is 11.5 Å². The predicted octanol–water partition coefficient (Wildman–Crippen LogP) is 3.18. The summed E-state index contributed by atoms with van der Waals surface area (Å²) in [5.74, 6) is 0.399. The number of esters is 1. The summed E-state index contributed by atoms with van der Waals surface area (Å²) in [6, 6.07) is 15.1. The molecule has 0 aliphatic carbocycles. The van der Waals surface area contributed by atoms with E-state index in [9.17, 15) is 9.59 Å². The van der Waals surface area contributed by atoms with Gasteiger partial charge in [-0.15, -0.1) is 0 Å². The van der Waals surface area contributed by atoms with Gasteiger partial charge in [-0.2, -0.15) is 0 Å². The smallest absolute Gasteiger partial charge is 0.331 e. The topological polar surface area (TPSA) is 73.9 Å². The van der Waals surface area contributed by atoms with Crippen molar-refractivity contribution in [2.45, 2.75) is 12.8 Å². The van der Waals surface area contributed by atoms with Crippen molar-refractivity contribution in [1.29, 1.82) is 0 Å². The zero-order chi connectivity index (χ0) is 20.4. The van der Waals surface area contributed by atoms with Crippen molar-refractivity contribution in [2.24, 2.45) is 0 Å². The number of hydrogen-bond acceptors (Lipinski definition) is 5. The fourth-order valence-electron chi connectivity index (χ4n) is 2.52. The fraction of sp³-hybridized carbons (Fsp3) is 0.273. The van der Waals surface area contributed by atoms with E-state index in [0.29, 0.717) is 18.0 Å². The van der Waals surface area contributed by atoms with Crippen LogP contribution in [0.3, 0.4) is 0 Å². The molecule has 0 aliphatic rings. The molecule has 2 rings (SSSR count). The predicted molar refractivity (Wildman–Crippen MR) is 107 cm³/mol. The Hall–Kier alpha value is -3.28. The molecule has 1 atom stereocenters. The van der Waals surface area contributed by atoms with Gasteiger partial charge in [-0.1, -0.05) is 43.3 Å². The van der Waals surface area contributed by atoms with Gasteiger partial charge in [-0.3, -0.25) is 4.79 Å². The molecule has 0 fully saturated rings. The molecule has 2 aromatic rings. The lowest BCUT2D eigenvalue weighted by Crippen LogP contribution is -2.31. The van der Waals surface area contributed by atoms with E-state index in [1.165, 1.54) is 13.2 Å². The summed E-state index contributed by atoms with van der Waals surface area (Å²) >= 11 is 0. The largest absolute Gasteiger partial charge is 0.493 e. The molecule has 1 amide bonds. The average Bonchev–Trinajstić information content (AvgIpc) is 2.74. The van der Waals surface area contributed by atoms with Gasteiger partial charge in [0, 0.05) is 12.6 Å². The van der Waals surface area contributed by atoms with Crippen LogP contribution in [0.2, 0.25) is 0 Å². The number of carbonyl (C=O) groups excluding carboxylic acids is 2. The Labute approximate surface area is 165 Å². The molecule has 0 unspecified atom stereocenters. The van der Waals surface area contributed by atoms with Gasteiger partial charge in [0.05, 0.1) is 14.2 Å². The maximum atomic E-state index is 11.9. The first-order valence-electron chi connectivity index (χ1n) is 8.92. The van der Waals surface area contributed by atoms with E-state index in [4.69, 9.17) is 14.2 Å². The van der Waals surface area contributed by atoms with Crippen molar-refractivity contribution in [3.05, 3.63) is 65.7 Å². The molecule has 0 saturated heterocycles. The SMILES string of the molecule is COc1ccc(/C=C/C(=O)OCC(=O)NC[C@@H](C)c2ccccc2)cc1OC. The average molecular weight is 383 g/mol. The van der Waals surface area contributed by atoms with Crippen LogP contribution < -0.4 is 14.8 Å². The molecule has 0 spiro atoms. The molecule has 0 aromatic heterocycles. The monoisotopic (exact) mass is 383 g/mol. The number of benzene rings is 2. The van der Waals surface area contributed by atoms with Gasteiger partial charge in [0.1, 0.15) is 0 Å². The van der Waals surface area contributed by atoms with E-state index in [-0.39, 0.29) is 18.4 Å². The van der Waals surface area contributed by atoms with Gasteiger partial charge in [-0.05, 0) is 35.3 Å². The summed E-state index contributed by atoms with van der Waals surface area (Å²) in [6.45, 7) is 2.17. The Bertz CT molecular complexity index is 817. The quantitative estimate of drug-likeness (QED) is 0.532. The van der Waals surface area contributed by atoms with Crippen LogP contribution in [-0.4, -0.2) is 39.2 Å². The van der Waals surface area contributed by atoms with Gasteiger partial charge < -0.3 is 19.5 Å². The maximum Gasteiger partial charge on any atom is 0.331 e. The zero-order valence-electron chi connectivity index (χ0n) is 16.3. The van der Waals surface area contributed by atoms with E-state index >= 15 is 0 Å². The highest BCUT2D eigenvalue weighted by Gasteiger charge is 2.09.